The van der Waals surface area contributed by atoms with E-state index in [1.165, 1.54) is 42.4 Å². The third kappa shape index (κ3) is 5.67. The maximum Gasteiger partial charge on any atom is 0.132 e. The van der Waals surface area contributed by atoms with E-state index in [2.05, 4.69) is 39.0 Å². The van der Waals surface area contributed by atoms with Gasteiger partial charge in [0.2, 0.25) is 0 Å². The fraction of sp³-hybridized carbons (Fsp3) is 0.708. The molecule has 2 nitrogen and oxygen atoms in total. The summed E-state index contributed by atoms with van der Waals surface area (Å²) in [5.41, 5.74) is 3.67. The third-order valence-electron chi connectivity index (χ3n) is 6.17. The number of aliphatic hydroxyl groups excluding tert-OH is 1. The second-order valence-electron chi connectivity index (χ2n) is 8.50. The molecule has 0 radical (unpaired) electrons. The highest BCUT2D eigenvalue weighted by atomic mass is 16.3. The first-order valence-electron chi connectivity index (χ1n) is 10.8. The van der Waals surface area contributed by atoms with Crippen molar-refractivity contribution in [2.45, 2.75) is 109 Å². The van der Waals surface area contributed by atoms with E-state index in [0.29, 0.717) is 12.2 Å². The molecule has 2 heteroatoms. The molecule has 0 saturated heterocycles. The maximum absolute atomic E-state index is 12.2. The number of carbonyl (C=O) groups excluding carboxylic acids is 1. The summed E-state index contributed by atoms with van der Waals surface area (Å²) >= 11 is 0. The van der Waals surface area contributed by atoms with Crippen LogP contribution in [0.25, 0.3) is 0 Å². The highest BCUT2D eigenvalue weighted by Gasteiger charge is 2.41. The summed E-state index contributed by atoms with van der Waals surface area (Å²) in [6.07, 6.45) is 11.8. The first-order valence-corrected chi connectivity index (χ1v) is 10.8. The molecule has 0 amide bonds. The van der Waals surface area contributed by atoms with Gasteiger partial charge >= 0.3 is 0 Å². The van der Waals surface area contributed by atoms with E-state index in [9.17, 15) is 9.90 Å². The van der Waals surface area contributed by atoms with Gasteiger partial charge in [-0.3, -0.25) is 4.79 Å². The number of hydrogen-bond donors (Lipinski definition) is 1. The topological polar surface area (TPSA) is 37.3 Å². The molecule has 0 spiro atoms. The molecule has 1 aromatic rings. The van der Waals surface area contributed by atoms with Crippen molar-refractivity contribution in [1.29, 1.82) is 0 Å². The zero-order valence-electron chi connectivity index (χ0n) is 17.2. The summed E-state index contributed by atoms with van der Waals surface area (Å²) in [4.78, 5) is 12.2. The van der Waals surface area contributed by atoms with Crippen molar-refractivity contribution in [3.05, 3.63) is 34.9 Å². The lowest BCUT2D eigenvalue weighted by Gasteiger charge is -2.43. The minimum Gasteiger partial charge on any atom is -0.392 e. The van der Waals surface area contributed by atoms with Crippen LogP contribution in [-0.2, 0) is 10.2 Å². The molecular weight excluding hydrogens is 320 g/mol. The predicted molar refractivity (Wildman–Crippen MR) is 110 cm³/mol. The van der Waals surface area contributed by atoms with Crippen LogP contribution in [-0.4, -0.2) is 17.0 Å². The van der Waals surface area contributed by atoms with Crippen molar-refractivity contribution in [3.63, 3.8) is 0 Å². The van der Waals surface area contributed by atoms with Crippen molar-refractivity contribution in [2.75, 3.05) is 0 Å². The minimum atomic E-state index is -0.280. The molecule has 0 aromatic heterocycles. The highest BCUT2D eigenvalue weighted by Crippen LogP contribution is 2.44. The Morgan fingerprint density at radius 3 is 2.38 bits per heavy atom. The fourth-order valence-electron chi connectivity index (χ4n) is 4.73. The Balaban J connectivity index is 2.01. The number of unbranched alkanes of at least 4 members (excludes halogenated alkanes) is 3. The summed E-state index contributed by atoms with van der Waals surface area (Å²) in [6, 6.07) is 6.72. The summed E-state index contributed by atoms with van der Waals surface area (Å²) in [7, 11) is 0. The Morgan fingerprint density at radius 2 is 1.73 bits per heavy atom. The van der Waals surface area contributed by atoms with Crippen LogP contribution < -0.4 is 0 Å². The van der Waals surface area contributed by atoms with Crippen molar-refractivity contribution >= 4 is 5.78 Å². The normalized spacial score (nSPS) is 23.2. The lowest BCUT2D eigenvalue weighted by atomic mass is 9.64. The second kappa shape index (κ2) is 10.3. The van der Waals surface area contributed by atoms with Crippen LogP contribution in [0.4, 0.5) is 0 Å². The molecular formula is C24H38O2. The first-order chi connectivity index (χ1) is 12.5. The number of Topliss-reactive ketones (excluding diaryl/α,β-unsaturated/α-hetero) is 1. The molecule has 1 saturated carbocycles. The average Bonchev–Trinajstić information content (AvgIpc) is 2.59. The lowest BCUT2D eigenvalue weighted by molar-refractivity contribution is -0.119. The van der Waals surface area contributed by atoms with Crippen LogP contribution in [0.5, 0.6) is 0 Å². The number of aliphatic hydroxyl groups is 1. The van der Waals surface area contributed by atoms with Gasteiger partial charge in [-0.1, -0.05) is 68.4 Å². The SMILES string of the molecule is CCCCCCC(=O)CCCC1(c2cc(C)cc(C)c2)CCCCC1O. The summed E-state index contributed by atoms with van der Waals surface area (Å²) in [6.45, 7) is 6.47. The van der Waals surface area contributed by atoms with Gasteiger partial charge in [-0.2, -0.15) is 0 Å². The number of aryl methyl sites for hydroxylation is 2. The number of ketones is 1. The van der Waals surface area contributed by atoms with E-state index in [0.717, 1.165) is 44.9 Å². The molecule has 1 aliphatic rings. The number of rotatable bonds is 10. The monoisotopic (exact) mass is 358 g/mol. The largest absolute Gasteiger partial charge is 0.392 e. The second-order valence-corrected chi connectivity index (χ2v) is 8.50. The highest BCUT2D eigenvalue weighted by molar-refractivity contribution is 5.78. The van der Waals surface area contributed by atoms with Crippen LogP contribution in [0, 0.1) is 13.8 Å². The van der Waals surface area contributed by atoms with Crippen molar-refractivity contribution in [3.8, 4) is 0 Å². The van der Waals surface area contributed by atoms with Gasteiger partial charge < -0.3 is 5.11 Å². The van der Waals surface area contributed by atoms with E-state index in [1.807, 2.05) is 0 Å². The van der Waals surface area contributed by atoms with Crippen LogP contribution >= 0.6 is 0 Å². The van der Waals surface area contributed by atoms with Crippen LogP contribution in [0.3, 0.4) is 0 Å². The van der Waals surface area contributed by atoms with E-state index in [-0.39, 0.29) is 11.5 Å². The Hall–Kier alpha value is -1.15. The summed E-state index contributed by atoms with van der Waals surface area (Å²) < 4.78 is 0. The van der Waals surface area contributed by atoms with Crippen LogP contribution in [0.15, 0.2) is 18.2 Å². The van der Waals surface area contributed by atoms with Gasteiger partial charge in [0, 0.05) is 18.3 Å². The molecule has 146 valence electrons. The van der Waals surface area contributed by atoms with Gasteiger partial charge in [-0.05, 0) is 51.5 Å². The molecule has 0 aliphatic heterocycles. The maximum atomic E-state index is 12.2. The zero-order chi connectivity index (χ0) is 19.0. The van der Waals surface area contributed by atoms with E-state index >= 15 is 0 Å². The third-order valence-corrected chi connectivity index (χ3v) is 6.17. The van der Waals surface area contributed by atoms with E-state index in [1.54, 1.807) is 0 Å². The number of benzene rings is 1. The number of hydrogen-bond acceptors (Lipinski definition) is 2. The average molecular weight is 359 g/mol. The van der Waals surface area contributed by atoms with Gasteiger partial charge in [-0.25, -0.2) is 0 Å². The van der Waals surface area contributed by atoms with Gasteiger partial charge in [0.15, 0.2) is 0 Å². The lowest BCUT2D eigenvalue weighted by Crippen LogP contribution is -2.42. The van der Waals surface area contributed by atoms with E-state index in [4.69, 9.17) is 0 Å². The molecule has 1 N–H and O–H groups in total. The molecule has 2 rings (SSSR count). The number of carbonyl (C=O) groups is 1. The molecule has 26 heavy (non-hydrogen) atoms. The Morgan fingerprint density at radius 1 is 1.04 bits per heavy atom. The van der Waals surface area contributed by atoms with Crippen molar-refractivity contribution in [1.82, 2.24) is 0 Å². The smallest absolute Gasteiger partial charge is 0.132 e. The molecule has 0 heterocycles. The fourth-order valence-corrected chi connectivity index (χ4v) is 4.73. The molecule has 1 fully saturated rings. The van der Waals surface area contributed by atoms with Crippen molar-refractivity contribution in [2.24, 2.45) is 0 Å². The Kier molecular flexibility index (Phi) is 8.34. The zero-order valence-corrected chi connectivity index (χ0v) is 17.2. The summed E-state index contributed by atoms with van der Waals surface area (Å²) in [5.74, 6) is 0.405. The van der Waals surface area contributed by atoms with Gasteiger partial charge in [-0.15, -0.1) is 0 Å². The molecule has 2 atom stereocenters. The molecule has 2 unspecified atom stereocenters. The van der Waals surface area contributed by atoms with Crippen molar-refractivity contribution < 1.29 is 9.90 Å². The van der Waals surface area contributed by atoms with Gasteiger partial charge in [0.05, 0.1) is 6.10 Å². The minimum absolute atomic E-state index is 0.155. The molecule has 0 bridgehead atoms. The molecule has 1 aliphatic carbocycles. The van der Waals surface area contributed by atoms with Gasteiger partial charge in [0.1, 0.15) is 5.78 Å². The van der Waals surface area contributed by atoms with Gasteiger partial charge in [0.25, 0.3) is 0 Å². The standard InChI is InChI=1S/C24H38O2/c1-4-5-6-7-11-22(25)12-10-15-24(14-9-8-13-23(24)26)21-17-19(2)16-20(3)18-21/h16-18,23,26H,4-15H2,1-3H3. The van der Waals surface area contributed by atoms with Crippen LogP contribution in [0.1, 0.15) is 101 Å². The van der Waals surface area contributed by atoms with Crippen LogP contribution in [0.2, 0.25) is 0 Å². The van der Waals surface area contributed by atoms with E-state index < -0.39 is 0 Å². The Labute approximate surface area is 160 Å². The summed E-state index contributed by atoms with van der Waals surface area (Å²) in [5, 5.41) is 10.9. The predicted octanol–water partition coefficient (Wildman–Crippen LogP) is 6.19. The quantitative estimate of drug-likeness (QED) is 0.507. The molecule has 1 aromatic carbocycles. The first kappa shape index (κ1) is 21.2. The Bertz CT molecular complexity index is 557.